The third-order valence-electron chi connectivity index (χ3n) is 6.14. The largest absolute Gasteiger partial charge is 0.493 e. The van der Waals surface area contributed by atoms with E-state index in [-0.39, 0.29) is 0 Å². The van der Waals surface area contributed by atoms with Gasteiger partial charge >= 0.3 is 0 Å². The van der Waals surface area contributed by atoms with Crippen molar-refractivity contribution < 1.29 is 18.6 Å². The summed E-state index contributed by atoms with van der Waals surface area (Å²) in [6.07, 6.45) is 4.97. The van der Waals surface area contributed by atoms with E-state index in [1.807, 2.05) is 48.5 Å². The van der Waals surface area contributed by atoms with E-state index in [1.54, 1.807) is 19.2 Å². The monoisotopic (exact) mass is 492 g/mol. The highest BCUT2D eigenvalue weighted by atomic mass is 35.5. The Kier molecular flexibility index (Phi) is 7.40. The van der Waals surface area contributed by atoms with Crippen LogP contribution >= 0.6 is 11.6 Å². The number of piperidine rings is 1. The van der Waals surface area contributed by atoms with Gasteiger partial charge in [-0.3, -0.25) is 0 Å². The molecule has 0 radical (unpaired) electrons. The first-order valence-corrected chi connectivity index (χ1v) is 12.4. The number of aromatic nitrogens is 1. The van der Waals surface area contributed by atoms with Crippen molar-refractivity contribution in [2.45, 2.75) is 25.7 Å². The Hall–Kier alpha value is -3.22. The standard InChI is InChI=1S/C28H29ClN2O4/c1-32-27-18-20(6-13-25(27)33-17-5-16-31-14-3-2-4-15-31)28-30-24-12-11-23(19-26(24)35-28)34-22-9-7-21(29)8-10-22/h6-13,18-19H,2-5,14-17H2,1H3. The highest BCUT2D eigenvalue weighted by Gasteiger charge is 2.14. The summed E-state index contributed by atoms with van der Waals surface area (Å²) in [7, 11) is 1.64. The van der Waals surface area contributed by atoms with Crippen molar-refractivity contribution in [2.75, 3.05) is 33.4 Å². The van der Waals surface area contributed by atoms with Crippen molar-refractivity contribution in [3.05, 3.63) is 65.7 Å². The number of fused-ring (bicyclic) bond motifs is 1. The summed E-state index contributed by atoms with van der Waals surface area (Å²) < 4.78 is 23.6. The lowest BCUT2D eigenvalue weighted by Gasteiger charge is -2.26. The molecule has 0 spiro atoms. The van der Waals surface area contributed by atoms with Crippen LogP contribution < -0.4 is 14.2 Å². The van der Waals surface area contributed by atoms with Crippen molar-refractivity contribution in [3.8, 4) is 34.5 Å². The van der Waals surface area contributed by atoms with Crippen molar-refractivity contribution in [1.29, 1.82) is 0 Å². The summed E-state index contributed by atoms with van der Waals surface area (Å²) in [4.78, 5) is 7.15. The molecule has 0 aliphatic carbocycles. The van der Waals surface area contributed by atoms with Gasteiger partial charge in [0.15, 0.2) is 17.1 Å². The molecule has 7 heteroatoms. The Morgan fingerprint density at radius 2 is 1.71 bits per heavy atom. The molecule has 182 valence electrons. The lowest BCUT2D eigenvalue weighted by atomic mass is 10.1. The van der Waals surface area contributed by atoms with E-state index < -0.39 is 0 Å². The fourth-order valence-electron chi connectivity index (χ4n) is 4.30. The zero-order valence-electron chi connectivity index (χ0n) is 19.8. The van der Waals surface area contributed by atoms with Gasteiger partial charge in [0.05, 0.1) is 13.7 Å². The molecule has 0 bridgehead atoms. The topological polar surface area (TPSA) is 57.0 Å². The number of methoxy groups -OCH3 is 1. The maximum absolute atomic E-state index is 6.04. The number of benzene rings is 3. The minimum absolute atomic E-state index is 0.513. The Morgan fingerprint density at radius 3 is 2.51 bits per heavy atom. The quantitative estimate of drug-likeness (QED) is 0.230. The van der Waals surface area contributed by atoms with Crippen LogP contribution in [0, 0.1) is 0 Å². The highest BCUT2D eigenvalue weighted by molar-refractivity contribution is 6.30. The number of nitrogens with zero attached hydrogens (tertiary/aromatic N) is 2. The molecule has 3 aromatic carbocycles. The minimum Gasteiger partial charge on any atom is -0.493 e. The molecule has 4 aromatic rings. The lowest BCUT2D eigenvalue weighted by molar-refractivity contribution is 0.203. The van der Waals surface area contributed by atoms with Gasteiger partial charge in [-0.25, -0.2) is 4.98 Å². The summed E-state index contributed by atoms with van der Waals surface area (Å²) in [5, 5.41) is 0.664. The van der Waals surface area contributed by atoms with E-state index in [1.165, 1.54) is 32.4 Å². The van der Waals surface area contributed by atoms with Crippen LogP contribution in [0.3, 0.4) is 0 Å². The van der Waals surface area contributed by atoms with Gasteiger partial charge in [0, 0.05) is 23.2 Å². The van der Waals surface area contributed by atoms with Crippen molar-refractivity contribution in [3.63, 3.8) is 0 Å². The van der Waals surface area contributed by atoms with E-state index in [4.69, 9.17) is 30.2 Å². The molecular formula is C28H29ClN2O4. The molecule has 0 atom stereocenters. The molecule has 1 aliphatic heterocycles. The predicted octanol–water partition coefficient (Wildman–Crippen LogP) is 7.20. The number of likely N-dealkylation sites (tertiary alicyclic amines) is 1. The molecule has 0 saturated carbocycles. The van der Waals surface area contributed by atoms with E-state index in [0.717, 1.165) is 29.8 Å². The lowest BCUT2D eigenvalue weighted by Crippen LogP contribution is -2.31. The number of oxazole rings is 1. The molecule has 5 rings (SSSR count). The first-order valence-electron chi connectivity index (χ1n) is 12.1. The van der Waals surface area contributed by atoms with Crippen molar-refractivity contribution >= 4 is 22.7 Å². The van der Waals surface area contributed by atoms with Gasteiger partial charge in [-0.05, 0) is 86.9 Å². The normalized spacial score (nSPS) is 14.2. The molecular weight excluding hydrogens is 464 g/mol. The third kappa shape index (κ3) is 5.89. The molecule has 1 saturated heterocycles. The van der Waals surface area contributed by atoms with E-state index in [0.29, 0.717) is 40.4 Å². The van der Waals surface area contributed by atoms with Gasteiger partial charge in [-0.15, -0.1) is 0 Å². The maximum Gasteiger partial charge on any atom is 0.227 e. The van der Waals surface area contributed by atoms with Gasteiger partial charge in [0.1, 0.15) is 17.0 Å². The molecule has 0 N–H and O–H groups in total. The van der Waals surface area contributed by atoms with Crippen LogP contribution in [0.5, 0.6) is 23.0 Å². The molecule has 0 amide bonds. The number of hydrogen-bond acceptors (Lipinski definition) is 6. The number of halogens is 1. The fraction of sp³-hybridized carbons (Fsp3) is 0.321. The second-order valence-electron chi connectivity index (χ2n) is 8.67. The van der Waals surface area contributed by atoms with E-state index in [9.17, 15) is 0 Å². The zero-order valence-corrected chi connectivity index (χ0v) is 20.6. The first kappa shape index (κ1) is 23.5. The number of hydrogen-bond donors (Lipinski definition) is 0. The van der Waals surface area contributed by atoms with Gasteiger partial charge in [0.2, 0.25) is 5.89 Å². The molecule has 6 nitrogen and oxygen atoms in total. The van der Waals surface area contributed by atoms with Gasteiger partial charge in [-0.2, -0.15) is 0 Å². The van der Waals surface area contributed by atoms with Gasteiger partial charge in [-0.1, -0.05) is 18.0 Å². The molecule has 0 unspecified atom stereocenters. The average Bonchev–Trinajstić information content (AvgIpc) is 3.32. The summed E-state index contributed by atoms with van der Waals surface area (Å²) >= 11 is 5.95. The average molecular weight is 493 g/mol. The smallest absolute Gasteiger partial charge is 0.227 e. The minimum atomic E-state index is 0.513. The van der Waals surface area contributed by atoms with Crippen molar-refractivity contribution in [1.82, 2.24) is 9.88 Å². The van der Waals surface area contributed by atoms with Gasteiger partial charge < -0.3 is 23.5 Å². The van der Waals surface area contributed by atoms with Gasteiger partial charge in [0.25, 0.3) is 0 Å². The molecule has 1 aliphatic rings. The van der Waals surface area contributed by atoms with E-state index in [2.05, 4.69) is 9.88 Å². The Balaban J connectivity index is 1.25. The molecule has 1 fully saturated rings. The molecule has 35 heavy (non-hydrogen) atoms. The summed E-state index contributed by atoms with van der Waals surface area (Å²) in [6, 6.07) is 18.6. The fourth-order valence-corrected chi connectivity index (χ4v) is 4.43. The summed E-state index contributed by atoms with van der Waals surface area (Å²) in [5.74, 6) is 3.26. The highest BCUT2D eigenvalue weighted by Crippen LogP contribution is 2.35. The zero-order chi connectivity index (χ0) is 24.0. The van der Waals surface area contributed by atoms with Crippen LogP contribution in [0.25, 0.3) is 22.6 Å². The molecule has 2 heterocycles. The Morgan fingerprint density at radius 1 is 0.914 bits per heavy atom. The SMILES string of the molecule is COc1cc(-c2nc3ccc(Oc4ccc(Cl)cc4)cc3o2)ccc1OCCCN1CCCCC1. The predicted molar refractivity (Wildman–Crippen MR) is 138 cm³/mol. The number of rotatable bonds is 9. The first-order chi connectivity index (χ1) is 17.2. The van der Waals surface area contributed by atoms with Crippen LogP contribution in [-0.2, 0) is 0 Å². The maximum atomic E-state index is 6.04. The van der Waals surface area contributed by atoms with Crippen LogP contribution in [0.2, 0.25) is 5.02 Å². The van der Waals surface area contributed by atoms with Crippen molar-refractivity contribution in [2.24, 2.45) is 0 Å². The Bertz CT molecular complexity index is 1270. The van der Waals surface area contributed by atoms with Crippen LogP contribution in [0.15, 0.2) is 65.1 Å². The summed E-state index contributed by atoms with van der Waals surface area (Å²) in [6.45, 7) is 4.15. The second-order valence-corrected chi connectivity index (χ2v) is 9.11. The number of ether oxygens (including phenoxy) is 3. The van der Waals surface area contributed by atoms with Crippen LogP contribution in [0.1, 0.15) is 25.7 Å². The summed E-state index contributed by atoms with van der Waals surface area (Å²) in [5.41, 5.74) is 2.21. The Labute approximate surface area is 210 Å². The molecule has 1 aromatic heterocycles. The van der Waals surface area contributed by atoms with Crippen LogP contribution in [0.4, 0.5) is 0 Å². The van der Waals surface area contributed by atoms with E-state index >= 15 is 0 Å². The van der Waals surface area contributed by atoms with Crippen LogP contribution in [-0.4, -0.2) is 43.2 Å². The second kappa shape index (κ2) is 11.0. The third-order valence-corrected chi connectivity index (χ3v) is 6.40.